The number of nitrogens with one attached hydrogen (secondary N) is 1. The van der Waals surface area contributed by atoms with Gasteiger partial charge in [0.2, 0.25) is 12.5 Å². The highest BCUT2D eigenvalue weighted by Gasteiger charge is 2.53. The number of esters is 1. The molecule has 44 heavy (non-hydrogen) atoms. The van der Waals surface area contributed by atoms with Crippen molar-refractivity contribution < 1.29 is 38.0 Å². The van der Waals surface area contributed by atoms with Crippen LogP contribution in [0, 0.1) is 11.8 Å². The van der Waals surface area contributed by atoms with E-state index in [-0.39, 0.29) is 31.0 Å². The number of nitrogens with zero attached hydrogens (tertiary/aromatic N) is 3. The maximum atomic E-state index is 13.6. The van der Waals surface area contributed by atoms with E-state index in [1.807, 2.05) is 54.6 Å². The Bertz CT molecular complexity index is 1710. The van der Waals surface area contributed by atoms with E-state index in [9.17, 15) is 9.59 Å². The van der Waals surface area contributed by atoms with Gasteiger partial charge in [-0.25, -0.2) is 4.68 Å². The van der Waals surface area contributed by atoms with Crippen LogP contribution in [0.4, 0.5) is 0 Å². The highest BCUT2D eigenvalue weighted by atomic mass is 16.7. The molecule has 4 atom stereocenters. The Hall–Kier alpha value is -5.26. The lowest BCUT2D eigenvalue weighted by molar-refractivity contribution is -0.141. The fraction of sp³-hybridized carbons (Fsp3) is 0.312. The second-order valence-corrected chi connectivity index (χ2v) is 10.8. The first-order chi connectivity index (χ1) is 21.5. The number of hydrogen-bond acceptors (Lipinski definition) is 10. The number of carbonyl (C=O) groups is 2. The number of amides is 1. The zero-order valence-corrected chi connectivity index (χ0v) is 24.3. The SMILES string of the molecule is COc1cc([C@@H]2c3cc4c(cc3[C@@H](NC(=O)c3cn(Cc5ccccc5)nn3)[C@H]3COC(=O)[C@H]23)OCO4)cc(OC)c1OC. The fourth-order valence-electron chi connectivity index (χ4n) is 6.49. The fourth-order valence-corrected chi connectivity index (χ4v) is 6.49. The minimum Gasteiger partial charge on any atom is -0.493 e. The second kappa shape index (κ2) is 11.1. The molecule has 0 saturated carbocycles. The van der Waals surface area contributed by atoms with E-state index in [1.165, 1.54) is 7.11 Å². The highest BCUT2D eigenvalue weighted by Crippen LogP contribution is 2.55. The smallest absolute Gasteiger partial charge is 0.310 e. The summed E-state index contributed by atoms with van der Waals surface area (Å²) in [7, 11) is 4.62. The molecule has 12 heteroatoms. The van der Waals surface area contributed by atoms with E-state index in [1.54, 1.807) is 25.1 Å². The van der Waals surface area contributed by atoms with Gasteiger partial charge in [0.05, 0.1) is 52.6 Å². The average molecular weight is 599 g/mol. The molecule has 3 heterocycles. The number of ether oxygens (including phenoxy) is 6. The third-order valence-electron chi connectivity index (χ3n) is 8.48. The molecule has 0 spiro atoms. The summed E-state index contributed by atoms with van der Waals surface area (Å²) in [5.41, 5.74) is 3.54. The predicted molar refractivity (Wildman–Crippen MR) is 154 cm³/mol. The maximum absolute atomic E-state index is 13.6. The van der Waals surface area contributed by atoms with Crippen molar-refractivity contribution in [2.45, 2.75) is 18.5 Å². The first-order valence-electron chi connectivity index (χ1n) is 14.1. The van der Waals surface area contributed by atoms with Crippen LogP contribution >= 0.6 is 0 Å². The van der Waals surface area contributed by atoms with Crippen LogP contribution in [0.2, 0.25) is 0 Å². The first kappa shape index (κ1) is 27.6. The normalized spacial score (nSPS) is 21.2. The predicted octanol–water partition coefficient (Wildman–Crippen LogP) is 3.49. The van der Waals surface area contributed by atoms with Gasteiger partial charge in [0.1, 0.15) is 0 Å². The van der Waals surface area contributed by atoms with Crippen LogP contribution in [0.3, 0.4) is 0 Å². The Morgan fingerprint density at radius 1 is 0.955 bits per heavy atom. The summed E-state index contributed by atoms with van der Waals surface area (Å²) in [5.74, 6) is 0.232. The molecular weight excluding hydrogens is 568 g/mol. The molecule has 0 bridgehead atoms. The van der Waals surface area contributed by atoms with E-state index < -0.39 is 23.8 Å². The summed E-state index contributed by atoms with van der Waals surface area (Å²) in [6.07, 6.45) is 1.61. The van der Waals surface area contributed by atoms with Crippen LogP contribution < -0.4 is 29.0 Å². The molecule has 1 saturated heterocycles. The molecule has 4 aromatic rings. The molecule has 3 aliphatic rings. The molecule has 7 rings (SSSR count). The summed E-state index contributed by atoms with van der Waals surface area (Å²) in [6, 6.07) is 16.6. The number of aromatic nitrogens is 3. The quantitative estimate of drug-likeness (QED) is 0.301. The van der Waals surface area contributed by atoms with E-state index in [0.717, 1.165) is 22.3 Å². The van der Waals surface area contributed by atoms with Crippen molar-refractivity contribution in [3.63, 3.8) is 0 Å². The van der Waals surface area contributed by atoms with Crippen molar-refractivity contribution in [1.29, 1.82) is 0 Å². The van der Waals surface area contributed by atoms with Crippen LogP contribution in [-0.2, 0) is 16.1 Å². The van der Waals surface area contributed by atoms with Crippen molar-refractivity contribution in [3.8, 4) is 28.7 Å². The van der Waals surface area contributed by atoms with E-state index in [0.29, 0.717) is 35.3 Å². The maximum Gasteiger partial charge on any atom is 0.310 e. The number of cyclic esters (lactones) is 1. The standard InChI is InChI=1S/C32H30N4O8/c1-39-25-9-18(10-26(40-2)30(25)41-3)27-19-11-23-24(44-16-43-23)12-20(19)29(21-15-42-32(38)28(21)27)33-31(37)22-14-36(35-34-22)13-17-7-5-4-6-8-17/h4-12,14,21,27-29H,13,15-16H2,1-3H3,(H,33,37)/t21-,27+,28-,29+/m0/s1. The van der Waals surface area contributed by atoms with Crippen molar-refractivity contribution in [3.05, 3.63) is 88.7 Å². The lowest BCUT2D eigenvalue weighted by Crippen LogP contribution is -2.43. The van der Waals surface area contributed by atoms with Gasteiger partial charge in [0.15, 0.2) is 28.7 Å². The monoisotopic (exact) mass is 598 g/mol. The number of fused-ring (bicyclic) bond motifs is 3. The van der Waals surface area contributed by atoms with Gasteiger partial charge in [-0.15, -0.1) is 5.10 Å². The largest absolute Gasteiger partial charge is 0.493 e. The minimum atomic E-state index is -0.621. The number of carbonyl (C=O) groups excluding carboxylic acids is 2. The number of methoxy groups -OCH3 is 3. The highest BCUT2D eigenvalue weighted by molar-refractivity contribution is 5.92. The topological polar surface area (TPSA) is 132 Å². The zero-order chi connectivity index (χ0) is 30.4. The van der Waals surface area contributed by atoms with Gasteiger partial charge in [-0.1, -0.05) is 35.5 Å². The average Bonchev–Trinajstić information content (AvgIpc) is 3.80. The molecule has 1 N–H and O–H groups in total. The summed E-state index contributed by atoms with van der Waals surface area (Å²) in [4.78, 5) is 27.1. The Morgan fingerprint density at radius 2 is 1.66 bits per heavy atom. The number of rotatable bonds is 8. The molecule has 3 aromatic carbocycles. The van der Waals surface area contributed by atoms with Crippen LogP contribution in [0.1, 0.15) is 44.7 Å². The van der Waals surface area contributed by atoms with E-state index >= 15 is 0 Å². The van der Waals surface area contributed by atoms with Crippen molar-refractivity contribution in [2.75, 3.05) is 34.7 Å². The number of benzene rings is 3. The molecule has 12 nitrogen and oxygen atoms in total. The first-order valence-corrected chi connectivity index (χ1v) is 14.1. The molecule has 2 aliphatic heterocycles. The number of hydrogen-bond donors (Lipinski definition) is 1. The second-order valence-electron chi connectivity index (χ2n) is 10.8. The molecule has 1 fully saturated rings. The van der Waals surface area contributed by atoms with Crippen molar-refractivity contribution in [2.24, 2.45) is 11.8 Å². The lowest BCUT2D eigenvalue weighted by Gasteiger charge is -2.39. The molecular formula is C32H30N4O8. The lowest BCUT2D eigenvalue weighted by atomic mass is 9.65. The Labute approximate surface area is 252 Å². The molecule has 1 aromatic heterocycles. The van der Waals surface area contributed by atoms with Gasteiger partial charge in [-0.3, -0.25) is 9.59 Å². The molecule has 0 radical (unpaired) electrons. The third-order valence-corrected chi connectivity index (χ3v) is 8.48. The van der Waals surface area contributed by atoms with Gasteiger partial charge < -0.3 is 33.7 Å². The van der Waals surface area contributed by atoms with Gasteiger partial charge in [0.25, 0.3) is 5.91 Å². The third kappa shape index (κ3) is 4.62. The van der Waals surface area contributed by atoms with Crippen LogP contribution in [-0.4, -0.2) is 61.6 Å². The Morgan fingerprint density at radius 3 is 2.34 bits per heavy atom. The van der Waals surface area contributed by atoms with E-state index in [2.05, 4.69) is 15.6 Å². The van der Waals surface area contributed by atoms with E-state index in [4.69, 9.17) is 28.4 Å². The van der Waals surface area contributed by atoms with Gasteiger partial charge >= 0.3 is 5.97 Å². The van der Waals surface area contributed by atoms with Crippen LogP contribution in [0.5, 0.6) is 28.7 Å². The Kier molecular flexibility index (Phi) is 6.96. The zero-order valence-electron chi connectivity index (χ0n) is 24.3. The van der Waals surface area contributed by atoms with Crippen molar-refractivity contribution in [1.82, 2.24) is 20.3 Å². The van der Waals surface area contributed by atoms with Crippen molar-refractivity contribution >= 4 is 11.9 Å². The van der Waals surface area contributed by atoms with Crippen LogP contribution in [0.25, 0.3) is 0 Å². The summed E-state index contributed by atoms with van der Waals surface area (Å²) in [5, 5.41) is 11.4. The van der Waals surface area contributed by atoms with Gasteiger partial charge in [-0.05, 0) is 46.5 Å². The summed E-state index contributed by atoms with van der Waals surface area (Å²) in [6.45, 7) is 0.674. The van der Waals surface area contributed by atoms with Crippen LogP contribution in [0.15, 0.2) is 60.8 Å². The molecule has 226 valence electrons. The Balaban J connectivity index is 1.29. The molecule has 1 amide bonds. The summed E-state index contributed by atoms with van der Waals surface area (Å²) < 4.78 is 35.5. The van der Waals surface area contributed by atoms with Gasteiger partial charge in [0, 0.05) is 11.8 Å². The summed E-state index contributed by atoms with van der Waals surface area (Å²) >= 11 is 0. The minimum absolute atomic E-state index is 0.0729. The molecule has 1 aliphatic carbocycles. The van der Waals surface area contributed by atoms with Gasteiger partial charge in [-0.2, -0.15) is 0 Å². The molecule has 0 unspecified atom stereocenters.